The molecule has 4 heteroatoms. The molecule has 1 aromatic heterocycles. The Morgan fingerprint density at radius 2 is 1.52 bits per heavy atom. The Hall–Kier alpha value is -1.72. The predicted molar refractivity (Wildman–Crippen MR) is 107 cm³/mol. The van der Waals surface area contributed by atoms with Gasteiger partial charge in [-0.25, -0.2) is 0 Å². The summed E-state index contributed by atoms with van der Waals surface area (Å²) in [6, 6.07) is 18.9. The molecule has 0 spiro atoms. The van der Waals surface area contributed by atoms with Crippen LogP contribution in [0.5, 0.6) is 0 Å². The third-order valence-electron chi connectivity index (χ3n) is 4.34. The molecule has 132 valence electrons. The largest absolute Gasteiger partial charge is 0.390 e. The van der Waals surface area contributed by atoms with Crippen LogP contribution in [-0.2, 0) is 13.1 Å². The lowest BCUT2D eigenvalue weighted by Crippen LogP contribution is -2.37. The molecular weight excluding hydrogens is 328 g/mol. The van der Waals surface area contributed by atoms with Gasteiger partial charge in [0.05, 0.1) is 6.10 Å². The normalized spacial score (nSPS) is 13.0. The van der Waals surface area contributed by atoms with Crippen molar-refractivity contribution in [3.8, 4) is 0 Å². The number of hydrogen-bond acceptors (Lipinski definition) is 4. The van der Waals surface area contributed by atoms with Crippen molar-refractivity contribution in [2.24, 2.45) is 0 Å². The summed E-state index contributed by atoms with van der Waals surface area (Å²) in [6.45, 7) is 3.06. The Kier molecular flexibility index (Phi) is 6.21. The molecule has 0 fully saturated rings. The molecule has 3 aromatic rings. The first-order valence-corrected chi connectivity index (χ1v) is 9.54. The number of rotatable bonds is 8. The van der Waals surface area contributed by atoms with Crippen LogP contribution in [0.4, 0.5) is 0 Å². The number of benzene rings is 2. The molecular formula is C21H26N2OS. The van der Waals surface area contributed by atoms with Gasteiger partial charge in [-0.05, 0) is 42.1 Å². The van der Waals surface area contributed by atoms with Crippen LogP contribution in [0, 0.1) is 0 Å². The molecule has 2 aromatic carbocycles. The molecule has 0 radical (unpaired) electrons. The summed E-state index contributed by atoms with van der Waals surface area (Å²) in [7, 11) is 4.13. The van der Waals surface area contributed by atoms with Crippen molar-refractivity contribution in [3.05, 3.63) is 71.1 Å². The van der Waals surface area contributed by atoms with Crippen molar-refractivity contribution in [1.29, 1.82) is 0 Å². The average Bonchev–Trinajstić information content (AvgIpc) is 2.98. The zero-order valence-corrected chi connectivity index (χ0v) is 15.7. The van der Waals surface area contributed by atoms with Crippen LogP contribution >= 0.6 is 11.3 Å². The zero-order chi connectivity index (χ0) is 17.6. The van der Waals surface area contributed by atoms with Gasteiger partial charge in [-0.1, -0.05) is 48.5 Å². The Bertz CT molecular complexity index is 787. The molecule has 0 aliphatic rings. The summed E-state index contributed by atoms with van der Waals surface area (Å²) in [4.78, 5) is 4.38. The van der Waals surface area contributed by atoms with Gasteiger partial charge >= 0.3 is 0 Å². The van der Waals surface area contributed by atoms with E-state index in [9.17, 15) is 5.11 Å². The molecule has 3 rings (SSSR count). The van der Waals surface area contributed by atoms with E-state index in [1.54, 1.807) is 11.3 Å². The SMILES string of the molecule is CN(Cc1ccccc1)CC(O)CN(C)Cc1csc2ccccc12. The summed E-state index contributed by atoms with van der Waals surface area (Å²) in [5, 5.41) is 14.0. The number of thiophene rings is 1. The van der Waals surface area contributed by atoms with Crippen LogP contribution in [0.15, 0.2) is 60.0 Å². The van der Waals surface area contributed by atoms with E-state index >= 15 is 0 Å². The fourth-order valence-corrected chi connectivity index (χ4v) is 4.20. The second-order valence-corrected chi connectivity index (χ2v) is 7.70. The van der Waals surface area contributed by atoms with Crippen LogP contribution in [-0.4, -0.2) is 48.2 Å². The minimum absolute atomic E-state index is 0.358. The highest BCUT2D eigenvalue weighted by molar-refractivity contribution is 7.17. The first kappa shape index (κ1) is 18.1. The molecule has 1 unspecified atom stereocenters. The van der Waals surface area contributed by atoms with Gasteiger partial charge < -0.3 is 5.11 Å². The van der Waals surface area contributed by atoms with E-state index in [1.165, 1.54) is 21.2 Å². The maximum absolute atomic E-state index is 10.4. The number of hydrogen-bond donors (Lipinski definition) is 1. The van der Waals surface area contributed by atoms with Gasteiger partial charge in [-0.2, -0.15) is 0 Å². The molecule has 0 aliphatic carbocycles. The standard InChI is InChI=1S/C21H26N2OS/c1-22(12-17-8-4-3-5-9-17)14-19(24)15-23(2)13-18-16-25-21-11-7-6-10-20(18)21/h3-11,16,19,24H,12-15H2,1-2H3. The zero-order valence-electron chi connectivity index (χ0n) is 14.9. The van der Waals surface area contributed by atoms with Crippen LogP contribution in [0.3, 0.4) is 0 Å². The fraction of sp³-hybridized carbons (Fsp3) is 0.333. The summed E-state index contributed by atoms with van der Waals surface area (Å²) in [5.41, 5.74) is 2.61. The fourth-order valence-electron chi connectivity index (χ4n) is 3.25. The molecule has 3 nitrogen and oxygen atoms in total. The lowest BCUT2D eigenvalue weighted by molar-refractivity contribution is 0.0869. The highest BCUT2D eigenvalue weighted by Crippen LogP contribution is 2.26. The second kappa shape index (κ2) is 8.59. The summed E-state index contributed by atoms with van der Waals surface area (Å²) < 4.78 is 1.33. The number of nitrogens with zero attached hydrogens (tertiary/aromatic N) is 2. The second-order valence-electron chi connectivity index (χ2n) is 6.79. The number of fused-ring (bicyclic) bond motifs is 1. The lowest BCUT2D eigenvalue weighted by atomic mass is 10.1. The monoisotopic (exact) mass is 354 g/mol. The van der Waals surface area contributed by atoms with E-state index in [0.717, 1.165) is 13.1 Å². The molecule has 25 heavy (non-hydrogen) atoms. The summed E-state index contributed by atoms with van der Waals surface area (Å²) in [5.74, 6) is 0. The minimum Gasteiger partial charge on any atom is -0.390 e. The first-order valence-electron chi connectivity index (χ1n) is 8.66. The maximum Gasteiger partial charge on any atom is 0.0793 e. The highest BCUT2D eigenvalue weighted by Gasteiger charge is 2.13. The van der Waals surface area contributed by atoms with Crippen LogP contribution in [0.25, 0.3) is 10.1 Å². The molecule has 1 atom stereocenters. The Labute approximate surface area is 154 Å². The summed E-state index contributed by atoms with van der Waals surface area (Å²) in [6.07, 6.45) is -0.358. The highest BCUT2D eigenvalue weighted by atomic mass is 32.1. The molecule has 0 bridgehead atoms. The van der Waals surface area contributed by atoms with Gasteiger partial charge in [0.15, 0.2) is 0 Å². The number of aliphatic hydroxyl groups excluding tert-OH is 1. The maximum atomic E-state index is 10.4. The van der Waals surface area contributed by atoms with E-state index in [1.807, 2.05) is 6.07 Å². The van der Waals surface area contributed by atoms with Crippen molar-refractivity contribution in [3.63, 3.8) is 0 Å². The van der Waals surface area contributed by atoms with Crippen molar-refractivity contribution >= 4 is 21.4 Å². The number of likely N-dealkylation sites (N-methyl/N-ethyl adjacent to an activating group) is 2. The summed E-state index contributed by atoms with van der Waals surface area (Å²) >= 11 is 1.79. The van der Waals surface area contributed by atoms with E-state index in [2.05, 4.69) is 77.8 Å². The molecule has 0 saturated carbocycles. The van der Waals surface area contributed by atoms with Crippen LogP contribution < -0.4 is 0 Å². The van der Waals surface area contributed by atoms with Gasteiger partial charge in [0.2, 0.25) is 0 Å². The van der Waals surface area contributed by atoms with Crippen molar-refractivity contribution in [2.75, 3.05) is 27.2 Å². The van der Waals surface area contributed by atoms with Crippen LogP contribution in [0.1, 0.15) is 11.1 Å². The van der Waals surface area contributed by atoms with Gasteiger partial charge in [0, 0.05) is 30.9 Å². The Balaban J connectivity index is 1.49. The molecule has 1 N–H and O–H groups in total. The van der Waals surface area contributed by atoms with Crippen LogP contribution in [0.2, 0.25) is 0 Å². The lowest BCUT2D eigenvalue weighted by Gasteiger charge is -2.24. The van der Waals surface area contributed by atoms with Gasteiger partial charge in [0.25, 0.3) is 0 Å². The van der Waals surface area contributed by atoms with Crippen molar-refractivity contribution in [2.45, 2.75) is 19.2 Å². The van der Waals surface area contributed by atoms with E-state index < -0.39 is 0 Å². The smallest absolute Gasteiger partial charge is 0.0793 e. The average molecular weight is 355 g/mol. The van der Waals surface area contributed by atoms with Gasteiger partial charge in [0.1, 0.15) is 0 Å². The quantitative estimate of drug-likeness (QED) is 0.666. The number of aliphatic hydroxyl groups is 1. The molecule has 0 saturated heterocycles. The topological polar surface area (TPSA) is 26.7 Å². The molecule has 0 aliphatic heterocycles. The van der Waals surface area contributed by atoms with Crippen molar-refractivity contribution < 1.29 is 5.11 Å². The van der Waals surface area contributed by atoms with E-state index in [0.29, 0.717) is 13.1 Å². The first-order chi connectivity index (χ1) is 12.1. The molecule has 1 heterocycles. The minimum atomic E-state index is -0.358. The van der Waals surface area contributed by atoms with Gasteiger partial charge in [-0.3, -0.25) is 9.80 Å². The Morgan fingerprint density at radius 1 is 0.880 bits per heavy atom. The van der Waals surface area contributed by atoms with Gasteiger partial charge in [-0.15, -0.1) is 11.3 Å². The molecule has 0 amide bonds. The van der Waals surface area contributed by atoms with E-state index in [4.69, 9.17) is 0 Å². The predicted octanol–water partition coefficient (Wildman–Crippen LogP) is 3.83. The Morgan fingerprint density at radius 3 is 2.28 bits per heavy atom. The van der Waals surface area contributed by atoms with Crippen molar-refractivity contribution in [1.82, 2.24) is 9.80 Å². The van der Waals surface area contributed by atoms with E-state index in [-0.39, 0.29) is 6.10 Å². The third-order valence-corrected chi connectivity index (χ3v) is 5.35. The third kappa shape index (κ3) is 5.13.